The molecule has 0 radical (unpaired) electrons. The SMILES string of the molecule is [N-]=[N+]=Nc1ccc(NCc2ccc(CN3C[C@H](O)[C@@H](O)[C@H](O)[C@H]3CO)cc2)c([N+](=O)[O-])c1. The fourth-order valence-corrected chi connectivity index (χ4v) is 3.69. The Bertz CT molecular complexity index is 997. The van der Waals surface area contributed by atoms with Gasteiger partial charge in [-0.05, 0) is 22.7 Å². The summed E-state index contributed by atoms with van der Waals surface area (Å²) in [5.41, 5.74) is 10.4. The third kappa shape index (κ3) is 5.32. The number of nitro benzene ring substituents is 1. The zero-order valence-electron chi connectivity index (χ0n) is 17.0. The van der Waals surface area contributed by atoms with Gasteiger partial charge in [0.15, 0.2) is 0 Å². The summed E-state index contributed by atoms with van der Waals surface area (Å²) in [5.74, 6) is 0. The van der Waals surface area contributed by atoms with E-state index in [0.717, 1.165) is 11.1 Å². The minimum absolute atomic E-state index is 0.113. The van der Waals surface area contributed by atoms with Gasteiger partial charge >= 0.3 is 0 Å². The van der Waals surface area contributed by atoms with Gasteiger partial charge in [-0.15, -0.1) is 0 Å². The summed E-state index contributed by atoms with van der Waals surface area (Å²) in [7, 11) is 0. The van der Waals surface area contributed by atoms with E-state index in [4.69, 9.17) is 5.53 Å². The number of azide groups is 1. The molecule has 1 aliphatic rings. The van der Waals surface area contributed by atoms with E-state index in [1.165, 1.54) is 18.2 Å². The number of aliphatic hydroxyl groups excluding tert-OH is 4. The van der Waals surface area contributed by atoms with Crippen LogP contribution in [0.25, 0.3) is 10.4 Å². The number of aliphatic hydroxyl groups is 4. The third-order valence-corrected chi connectivity index (χ3v) is 5.45. The van der Waals surface area contributed by atoms with Gasteiger partial charge in [0.25, 0.3) is 5.69 Å². The number of likely N-dealkylation sites (tertiary alicyclic amines) is 1. The third-order valence-electron chi connectivity index (χ3n) is 5.45. The average molecular weight is 444 g/mol. The van der Waals surface area contributed by atoms with Crippen LogP contribution in [0.2, 0.25) is 0 Å². The number of hydrogen-bond donors (Lipinski definition) is 5. The van der Waals surface area contributed by atoms with E-state index in [-0.39, 0.29) is 30.2 Å². The maximum Gasteiger partial charge on any atom is 0.292 e. The molecule has 0 aliphatic carbocycles. The molecule has 0 aromatic heterocycles. The van der Waals surface area contributed by atoms with Gasteiger partial charge in [-0.25, -0.2) is 0 Å². The second-order valence-corrected chi connectivity index (χ2v) is 7.55. The number of anilines is 1. The van der Waals surface area contributed by atoms with Crippen LogP contribution >= 0.6 is 0 Å². The Morgan fingerprint density at radius 2 is 1.84 bits per heavy atom. The molecule has 4 atom stereocenters. The van der Waals surface area contributed by atoms with Gasteiger partial charge in [-0.3, -0.25) is 15.0 Å². The lowest BCUT2D eigenvalue weighted by molar-refractivity contribution is -0.383. The summed E-state index contributed by atoms with van der Waals surface area (Å²) in [6.45, 7) is 0.424. The Hall–Kier alpha value is -3.25. The number of benzene rings is 2. The molecule has 32 heavy (non-hydrogen) atoms. The van der Waals surface area contributed by atoms with Crippen LogP contribution in [-0.2, 0) is 13.1 Å². The molecule has 1 fully saturated rings. The lowest BCUT2D eigenvalue weighted by Crippen LogP contribution is -2.62. The van der Waals surface area contributed by atoms with Crippen molar-refractivity contribution in [3.8, 4) is 0 Å². The molecule has 0 saturated carbocycles. The number of nitro groups is 1. The molecular formula is C20H24N6O6. The number of rotatable bonds is 8. The number of piperidine rings is 1. The van der Waals surface area contributed by atoms with E-state index in [2.05, 4.69) is 15.3 Å². The van der Waals surface area contributed by atoms with Crippen LogP contribution in [0.1, 0.15) is 11.1 Å². The van der Waals surface area contributed by atoms with Gasteiger partial charge in [0, 0.05) is 36.3 Å². The first-order chi connectivity index (χ1) is 15.3. The van der Waals surface area contributed by atoms with Crippen molar-refractivity contribution in [1.82, 2.24) is 4.90 Å². The first-order valence-electron chi connectivity index (χ1n) is 9.88. The molecule has 3 rings (SSSR count). The summed E-state index contributed by atoms with van der Waals surface area (Å²) in [6, 6.07) is 10.8. The second-order valence-electron chi connectivity index (χ2n) is 7.55. The molecule has 0 amide bonds. The number of nitrogens with zero attached hydrogens (tertiary/aromatic N) is 5. The smallest absolute Gasteiger partial charge is 0.292 e. The van der Waals surface area contributed by atoms with Crippen molar-refractivity contribution in [2.45, 2.75) is 37.4 Å². The lowest BCUT2D eigenvalue weighted by atomic mass is 9.93. The summed E-state index contributed by atoms with van der Waals surface area (Å²) in [4.78, 5) is 15.1. The lowest BCUT2D eigenvalue weighted by Gasteiger charge is -2.43. The van der Waals surface area contributed by atoms with E-state index in [1.54, 1.807) is 4.90 Å². The maximum absolute atomic E-state index is 11.3. The van der Waals surface area contributed by atoms with Gasteiger partial charge in [-0.2, -0.15) is 0 Å². The minimum Gasteiger partial charge on any atom is -0.395 e. The summed E-state index contributed by atoms with van der Waals surface area (Å²) in [5, 5.41) is 57.1. The van der Waals surface area contributed by atoms with Crippen molar-refractivity contribution in [1.29, 1.82) is 0 Å². The maximum atomic E-state index is 11.3. The number of hydrogen-bond acceptors (Lipinski definition) is 9. The predicted molar refractivity (Wildman–Crippen MR) is 115 cm³/mol. The van der Waals surface area contributed by atoms with Crippen molar-refractivity contribution < 1.29 is 25.3 Å². The van der Waals surface area contributed by atoms with E-state index >= 15 is 0 Å². The molecule has 0 bridgehead atoms. The van der Waals surface area contributed by atoms with E-state index in [9.17, 15) is 30.5 Å². The summed E-state index contributed by atoms with van der Waals surface area (Å²) in [6.07, 6.45) is -3.67. The molecule has 2 aromatic rings. The molecule has 1 saturated heterocycles. The molecule has 1 aliphatic heterocycles. The fourth-order valence-electron chi connectivity index (χ4n) is 3.69. The highest BCUT2D eigenvalue weighted by atomic mass is 16.6. The van der Waals surface area contributed by atoms with Gasteiger partial charge in [-0.1, -0.05) is 35.4 Å². The van der Waals surface area contributed by atoms with Crippen molar-refractivity contribution >= 4 is 17.1 Å². The highest BCUT2D eigenvalue weighted by Crippen LogP contribution is 2.30. The standard InChI is InChI=1S/C20H24N6O6/c21-24-23-14-5-6-15(16(7-14)26(31)32)22-8-12-1-3-13(4-2-12)9-25-10-18(28)20(30)19(29)17(25)11-27/h1-7,17-20,22,27-30H,8-11H2/t17-,18+,19-,20-/m1/s1. The van der Waals surface area contributed by atoms with E-state index < -0.39 is 29.3 Å². The number of β-amino-alcohol motifs (C(OH)–C–C–N with tert-alkyl or cyclic N) is 1. The summed E-state index contributed by atoms with van der Waals surface area (Å²) < 4.78 is 0. The molecular weight excluding hydrogens is 420 g/mol. The number of nitrogens with one attached hydrogen (secondary N) is 1. The van der Waals surface area contributed by atoms with E-state index in [0.29, 0.717) is 13.1 Å². The van der Waals surface area contributed by atoms with Crippen LogP contribution in [0.3, 0.4) is 0 Å². The monoisotopic (exact) mass is 444 g/mol. The van der Waals surface area contributed by atoms with Gasteiger partial charge in [0.05, 0.1) is 23.7 Å². The predicted octanol–water partition coefficient (Wildman–Crippen LogP) is 1.41. The van der Waals surface area contributed by atoms with Crippen molar-refractivity contribution in [3.63, 3.8) is 0 Å². The average Bonchev–Trinajstić information content (AvgIpc) is 2.78. The van der Waals surface area contributed by atoms with Crippen LogP contribution < -0.4 is 5.32 Å². The first kappa shape index (κ1) is 23.4. The minimum atomic E-state index is -1.30. The van der Waals surface area contributed by atoms with Gasteiger partial charge in [0.2, 0.25) is 0 Å². The molecule has 2 aromatic carbocycles. The van der Waals surface area contributed by atoms with Crippen molar-refractivity contribution in [2.24, 2.45) is 5.11 Å². The second kappa shape index (κ2) is 10.4. The molecule has 1 heterocycles. The summed E-state index contributed by atoms with van der Waals surface area (Å²) >= 11 is 0. The van der Waals surface area contributed by atoms with Crippen LogP contribution in [0.5, 0.6) is 0 Å². The van der Waals surface area contributed by atoms with Gasteiger partial charge < -0.3 is 25.7 Å². The van der Waals surface area contributed by atoms with Crippen LogP contribution in [0.4, 0.5) is 17.1 Å². The van der Waals surface area contributed by atoms with Crippen molar-refractivity contribution in [3.05, 3.63) is 74.1 Å². The highest BCUT2D eigenvalue weighted by Gasteiger charge is 2.40. The Kier molecular flexibility index (Phi) is 7.59. The zero-order chi connectivity index (χ0) is 23.3. The van der Waals surface area contributed by atoms with Crippen LogP contribution in [0.15, 0.2) is 47.6 Å². The van der Waals surface area contributed by atoms with Crippen LogP contribution in [-0.4, -0.2) is 67.8 Å². The zero-order valence-corrected chi connectivity index (χ0v) is 17.0. The first-order valence-corrected chi connectivity index (χ1v) is 9.88. The van der Waals surface area contributed by atoms with Crippen LogP contribution in [0, 0.1) is 10.1 Å². The largest absolute Gasteiger partial charge is 0.395 e. The molecule has 5 N–H and O–H groups in total. The Balaban J connectivity index is 1.65. The topological polar surface area (TPSA) is 188 Å². The Morgan fingerprint density at radius 1 is 1.16 bits per heavy atom. The quantitative estimate of drug-likeness (QED) is 0.133. The highest BCUT2D eigenvalue weighted by molar-refractivity contribution is 5.66. The molecule has 0 unspecified atom stereocenters. The Morgan fingerprint density at radius 3 is 2.47 bits per heavy atom. The molecule has 170 valence electrons. The molecule has 12 nitrogen and oxygen atoms in total. The Labute approximate surface area is 183 Å². The molecule has 0 spiro atoms. The normalized spacial score (nSPS) is 23.4. The van der Waals surface area contributed by atoms with Crippen molar-refractivity contribution in [2.75, 3.05) is 18.5 Å². The molecule has 12 heteroatoms. The van der Waals surface area contributed by atoms with E-state index in [1.807, 2.05) is 24.3 Å². The van der Waals surface area contributed by atoms with Gasteiger partial charge in [0.1, 0.15) is 17.9 Å². The fraction of sp³-hybridized carbons (Fsp3) is 0.400.